The first-order valence-corrected chi connectivity index (χ1v) is 8.67. The predicted molar refractivity (Wildman–Crippen MR) is 89.1 cm³/mol. The zero-order valence-corrected chi connectivity index (χ0v) is 14.6. The highest BCUT2D eigenvalue weighted by Gasteiger charge is 2.36. The molecule has 0 bridgehead atoms. The Morgan fingerprint density at radius 3 is 2.57 bits per heavy atom. The topological polar surface area (TPSA) is 85.6 Å². The summed E-state index contributed by atoms with van der Waals surface area (Å²) in [6.07, 6.45) is 4.41. The van der Waals surface area contributed by atoms with Gasteiger partial charge >= 0.3 is 5.97 Å². The molecule has 6 nitrogen and oxygen atoms in total. The lowest BCUT2D eigenvalue weighted by atomic mass is 10.1. The first-order valence-electron chi connectivity index (χ1n) is 7.19. The first kappa shape index (κ1) is 19.2. The second kappa shape index (κ2) is 7.61. The maximum absolute atomic E-state index is 12.4. The highest BCUT2D eigenvalue weighted by atomic mass is 32.2. The lowest BCUT2D eigenvalue weighted by molar-refractivity contribution is -0.143. The molecule has 0 amide bonds. The predicted octanol–water partition coefficient (Wildman–Crippen LogP) is 2.50. The van der Waals surface area contributed by atoms with Gasteiger partial charge in [0, 0.05) is 5.57 Å². The minimum Gasteiger partial charge on any atom is -0.465 e. The molecule has 0 unspecified atom stereocenters. The smallest absolute Gasteiger partial charge is 0.328 e. The molecule has 1 rings (SSSR count). The zero-order valence-electron chi connectivity index (χ0n) is 13.8. The Kier molecular flexibility index (Phi) is 6.35. The van der Waals surface area contributed by atoms with Gasteiger partial charge in [-0.25, -0.2) is 13.2 Å². The number of carbonyl (C=O) groups is 1. The number of allylic oxidation sites excluding steroid dienone is 2. The van der Waals surface area contributed by atoms with Crippen LogP contribution in [-0.4, -0.2) is 31.8 Å². The van der Waals surface area contributed by atoms with E-state index < -0.39 is 26.8 Å². The van der Waals surface area contributed by atoms with E-state index >= 15 is 0 Å². The normalized spacial score (nSPS) is 14.3. The number of nitrogens with one attached hydrogen (secondary N) is 1. The third-order valence-corrected chi connectivity index (χ3v) is 5.17. The number of rotatable bonds is 7. The number of ether oxygens (including phenoxy) is 1. The van der Waals surface area contributed by atoms with Crippen LogP contribution in [0.1, 0.15) is 33.5 Å². The molecular weight excluding hydrogens is 318 g/mol. The van der Waals surface area contributed by atoms with Gasteiger partial charge in [0.15, 0.2) is 0 Å². The average molecular weight is 341 g/mol. The van der Waals surface area contributed by atoms with Crippen molar-refractivity contribution in [2.75, 3.05) is 6.61 Å². The van der Waals surface area contributed by atoms with E-state index in [2.05, 4.69) is 11.3 Å². The van der Waals surface area contributed by atoms with Crippen molar-refractivity contribution in [1.82, 2.24) is 4.72 Å². The Morgan fingerprint density at radius 1 is 1.48 bits per heavy atom. The van der Waals surface area contributed by atoms with E-state index in [4.69, 9.17) is 9.15 Å². The van der Waals surface area contributed by atoms with E-state index in [-0.39, 0.29) is 6.61 Å². The van der Waals surface area contributed by atoms with Crippen LogP contribution in [0, 0.1) is 0 Å². The fraction of sp³-hybridized carbons (Fsp3) is 0.438. The van der Waals surface area contributed by atoms with Gasteiger partial charge in [0.05, 0.1) is 17.6 Å². The molecule has 1 aromatic heterocycles. The molecule has 0 saturated heterocycles. The third-order valence-electron chi connectivity index (χ3n) is 3.02. The van der Waals surface area contributed by atoms with Gasteiger partial charge in [-0.3, -0.25) is 0 Å². The first-order chi connectivity index (χ1) is 10.6. The maximum Gasteiger partial charge on any atom is 0.328 e. The molecule has 0 aromatic carbocycles. The number of sulfonamides is 1. The lowest BCUT2D eigenvalue weighted by Gasteiger charge is -2.25. The van der Waals surface area contributed by atoms with E-state index in [0.29, 0.717) is 11.3 Å². The van der Waals surface area contributed by atoms with Gasteiger partial charge in [-0.05, 0) is 39.8 Å². The number of carbonyl (C=O) groups excluding carboxylic acids is 1. The number of hydrogen-bond donors (Lipinski definition) is 1. The van der Waals surface area contributed by atoms with Gasteiger partial charge in [0.2, 0.25) is 10.0 Å². The highest BCUT2D eigenvalue weighted by Crippen LogP contribution is 2.23. The van der Waals surface area contributed by atoms with Crippen molar-refractivity contribution in [3.8, 4) is 0 Å². The summed E-state index contributed by atoms with van der Waals surface area (Å²) in [5, 5.41) is 0. The van der Waals surface area contributed by atoms with E-state index in [9.17, 15) is 13.2 Å². The summed E-state index contributed by atoms with van der Waals surface area (Å²) in [7, 11) is -3.78. The molecule has 1 N–H and O–H groups in total. The molecule has 1 aromatic rings. The highest BCUT2D eigenvalue weighted by molar-refractivity contribution is 7.90. The van der Waals surface area contributed by atoms with E-state index in [1.165, 1.54) is 18.4 Å². The van der Waals surface area contributed by atoms with Crippen molar-refractivity contribution in [2.24, 2.45) is 0 Å². The minimum atomic E-state index is -3.78. The van der Waals surface area contributed by atoms with Crippen molar-refractivity contribution in [1.29, 1.82) is 0 Å². The van der Waals surface area contributed by atoms with Crippen molar-refractivity contribution < 1.29 is 22.4 Å². The summed E-state index contributed by atoms with van der Waals surface area (Å²) >= 11 is 0. The zero-order chi connectivity index (χ0) is 17.7. The fourth-order valence-corrected chi connectivity index (χ4v) is 2.57. The summed E-state index contributed by atoms with van der Waals surface area (Å²) < 4.78 is 36.5. The van der Waals surface area contributed by atoms with Gasteiger partial charge in [-0.15, -0.1) is 0 Å². The van der Waals surface area contributed by atoms with Gasteiger partial charge < -0.3 is 9.15 Å². The quantitative estimate of drug-likeness (QED) is 0.608. The Labute approximate surface area is 137 Å². The second-order valence-corrected chi connectivity index (χ2v) is 8.22. The molecule has 1 atom stereocenters. The molecule has 128 valence electrons. The van der Waals surface area contributed by atoms with E-state index in [0.717, 1.165) is 0 Å². The Bertz CT molecular complexity index is 666. The van der Waals surface area contributed by atoms with Crippen LogP contribution < -0.4 is 4.72 Å². The van der Waals surface area contributed by atoms with E-state index in [1.807, 2.05) is 0 Å². The molecule has 0 spiro atoms. The summed E-state index contributed by atoms with van der Waals surface area (Å²) in [4.78, 5) is 12.3. The maximum atomic E-state index is 12.4. The van der Waals surface area contributed by atoms with Crippen LogP contribution in [0.25, 0.3) is 5.57 Å². The SMILES string of the molecule is C=C/C=C(\c1ccco1)[C@H](NS(=O)(=O)C(C)(C)C)C(=O)OCC. The summed E-state index contributed by atoms with van der Waals surface area (Å²) in [6, 6.07) is 2.06. The standard InChI is InChI=1S/C16H23NO5S/c1-6-9-12(13-10-8-11-22-13)14(15(18)21-7-2)17-23(19,20)16(3,4)5/h6,8-11,14,17H,1,7H2,2-5H3/b12-9+/t14-/m0/s1. The molecule has 1 heterocycles. The lowest BCUT2D eigenvalue weighted by Crippen LogP contribution is -2.48. The summed E-state index contributed by atoms with van der Waals surface area (Å²) in [5.41, 5.74) is 0.330. The van der Waals surface area contributed by atoms with Crippen LogP contribution in [0.5, 0.6) is 0 Å². The Balaban J connectivity index is 3.32. The number of esters is 1. The average Bonchev–Trinajstić information content (AvgIpc) is 2.95. The Morgan fingerprint density at radius 2 is 2.13 bits per heavy atom. The largest absolute Gasteiger partial charge is 0.465 e. The van der Waals surface area contributed by atoms with Gasteiger partial charge in [0.1, 0.15) is 11.8 Å². The van der Waals surface area contributed by atoms with Gasteiger partial charge in [0.25, 0.3) is 0 Å². The molecule has 0 saturated carbocycles. The van der Waals surface area contributed by atoms with Crippen LogP contribution in [0.3, 0.4) is 0 Å². The molecule has 0 aliphatic rings. The molecule has 23 heavy (non-hydrogen) atoms. The molecule has 7 heteroatoms. The summed E-state index contributed by atoms with van der Waals surface area (Å²) in [5.74, 6) is -0.343. The van der Waals surface area contributed by atoms with Crippen LogP contribution >= 0.6 is 0 Å². The van der Waals surface area contributed by atoms with Crippen LogP contribution in [-0.2, 0) is 19.6 Å². The van der Waals surface area contributed by atoms with Crippen molar-refractivity contribution in [3.05, 3.63) is 42.9 Å². The second-order valence-electron chi connectivity index (χ2n) is 5.75. The van der Waals surface area contributed by atoms with Crippen molar-refractivity contribution in [2.45, 2.75) is 38.5 Å². The molecular formula is C16H23NO5S. The molecule has 0 aliphatic heterocycles. The minimum absolute atomic E-state index is 0.131. The molecule has 0 aliphatic carbocycles. The third kappa shape index (κ3) is 4.80. The number of hydrogen-bond acceptors (Lipinski definition) is 5. The Hall–Kier alpha value is -1.86. The fourth-order valence-electron chi connectivity index (χ4n) is 1.69. The van der Waals surface area contributed by atoms with Crippen LogP contribution in [0.4, 0.5) is 0 Å². The van der Waals surface area contributed by atoms with Gasteiger partial charge in [-0.1, -0.05) is 18.7 Å². The van der Waals surface area contributed by atoms with Crippen molar-refractivity contribution in [3.63, 3.8) is 0 Å². The van der Waals surface area contributed by atoms with E-state index in [1.54, 1.807) is 39.8 Å². The molecule has 0 fully saturated rings. The summed E-state index contributed by atoms with van der Waals surface area (Å²) in [6.45, 7) is 10.0. The van der Waals surface area contributed by atoms with Crippen molar-refractivity contribution >= 4 is 21.6 Å². The van der Waals surface area contributed by atoms with Gasteiger partial charge in [-0.2, -0.15) is 4.72 Å². The monoisotopic (exact) mass is 341 g/mol. The van der Waals surface area contributed by atoms with Crippen LogP contribution in [0.2, 0.25) is 0 Å². The molecule has 0 radical (unpaired) electrons. The number of furan rings is 1. The van der Waals surface area contributed by atoms with Crippen LogP contribution in [0.15, 0.2) is 41.5 Å².